The van der Waals surface area contributed by atoms with Gasteiger partial charge in [0.15, 0.2) is 0 Å². The smallest absolute Gasteiger partial charge is 0.255 e. The van der Waals surface area contributed by atoms with E-state index in [1.165, 1.54) is 19.2 Å². The number of nitrogens with one attached hydrogen (secondary N) is 1. The summed E-state index contributed by atoms with van der Waals surface area (Å²) in [6, 6.07) is 3.76. The molecule has 9 heteroatoms. The number of amides is 1. The molecular weight excluding hydrogens is 376 g/mol. The lowest BCUT2D eigenvalue weighted by atomic mass is 10.1. The van der Waals surface area contributed by atoms with E-state index in [4.69, 9.17) is 9.88 Å². The first-order valence-electron chi connectivity index (χ1n) is 6.52. The number of ether oxygens (including phenoxy) is 1. The maximum atomic E-state index is 12.1. The molecule has 0 fully saturated rings. The van der Waals surface area contributed by atoms with Crippen molar-refractivity contribution in [3.8, 4) is 5.75 Å². The first kappa shape index (κ1) is 18.9. The number of aliphatic hydroxyl groups excluding tert-OH is 1. The number of nitrogens with two attached hydrogens (primary N) is 1. The number of hydrogen-bond acceptors (Lipinski definition) is 5. The van der Waals surface area contributed by atoms with Gasteiger partial charge in [0.25, 0.3) is 5.91 Å². The van der Waals surface area contributed by atoms with Gasteiger partial charge in [-0.25, -0.2) is 13.6 Å². The highest BCUT2D eigenvalue weighted by Gasteiger charge is 2.17. The van der Waals surface area contributed by atoms with Crippen LogP contribution in [0.3, 0.4) is 0 Å². The van der Waals surface area contributed by atoms with E-state index in [1.54, 1.807) is 0 Å². The van der Waals surface area contributed by atoms with Gasteiger partial charge in [-0.1, -0.05) is 15.9 Å². The van der Waals surface area contributed by atoms with Crippen molar-refractivity contribution < 1.29 is 23.1 Å². The second kappa shape index (κ2) is 8.47. The largest absolute Gasteiger partial charge is 0.496 e. The number of methoxy groups -OCH3 is 1. The van der Waals surface area contributed by atoms with Gasteiger partial charge < -0.3 is 15.2 Å². The summed E-state index contributed by atoms with van der Waals surface area (Å²) < 4.78 is 27.7. The molecule has 0 aliphatic carbocycles. The molecule has 0 aliphatic heterocycles. The molecule has 0 saturated carbocycles. The molecule has 0 heterocycles. The third-order valence-corrected chi connectivity index (χ3v) is 4.39. The van der Waals surface area contributed by atoms with Crippen LogP contribution in [0.1, 0.15) is 23.2 Å². The summed E-state index contributed by atoms with van der Waals surface area (Å²) in [5, 5.41) is 18.1. The first-order chi connectivity index (χ1) is 10.3. The zero-order chi connectivity index (χ0) is 16.8. The number of aliphatic hydroxyl groups is 1. The van der Waals surface area contributed by atoms with Crippen LogP contribution >= 0.6 is 15.9 Å². The Kier molecular flexibility index (Phi) is 7.27. The fourth-order valence-electron chi connectivity index (χ4n) is 1.76. The Balaban J connectivity index is 2.87. The normalized spacial score (nSPS) is 12.7. The number of carbonyl (C=O) groups excluding carboxylic acids is 1. The van der Waals surface area contributed by atoms with Gasteiger partial charge in [-0.2, -0.15) is 0 Å². The lowest BCUT2D eigenvalue weighted by molar-refractivity contribution is 0.0907. The first-order valence-corrected chi connectivity index (χ1v) is 9.19. The van der Waals surface area contributed by atoms with Crippen LogP contribution in [-0.4, -0.2) is 44.5 Å². The highest BCUT2D eigenvalue weighted by Crippen LogP contribution is 2.21. The van der Waals surface area contributed by atoms with E-state index in [1.807, 2.05) is 0 Å². The van der Waals surface area contributed by atoms with Crippen molar-refractivity contribution in [2.75, 3.05) is 19.0 Å². The van der Waals surface area contributed by atoms with Crippen LogP contribution in [0.25, 0.3) is 0 Å². The van der Waals surface area contributed by atoms with Gasteiger partial charge >= 0.3 is 0 Å². The van der Waals surface area contributed by atoms with Crippen molar-refractivity contribution >= 4 is 31.9 Å². The molecule has 1 aromatic rings. The maximum Gasteiger partial charge on any atom is 0.255 e. The monoisotopic (exact) mass is 394 g/mol. The van der Waals surface area contributed by atoms with Crippen molar-refractivity contribution in [3.05, 3.63) is 23.8 Å². The Morgan fingerprint density at radius 3 is 2.73 bits per heavy atom. The number of benzene rings is 1. The van der Waals surface area contributed by atoms with Gasteiger partial charge in [-0.05, 0) is 31.0 Å². The minimum atomic E-state index is -3.92. The SMILES string of the molecule is COc1ccc(S(N)(=O)=O)cc1C(=O)NCC(O)CCCBr. The molecule has 1 aromatic carbocycles. The molecule has 1 rings (SSSR count). The highest BCUT2D eigenvalue weighted by atomic mass is 79.9. The van der Waals surface area contributed by atoms with E-state index in [0.29, 0.717) is 6.42 Å². The minimum Gasteiger partial charge on any atom is -0.496 e. The Morgan fingerprint density at radius 1 is 1.50 bits per heavy atom. The summed E-state index contributed by atoms with van der Waals surface area (Å²) in [6.45, 7) is 0.0641. The molecular formula is C13H19BrN2O5S. The number of halogens is 1. The third-order valence-electron chi connectivity index (χ3n) is 2.91. The van der Waals surface area contributed by atoms with Crippen LogP contribution in [0.15, 0.2) is 23.1 Å². The molecule has 1 unspecified atom stereocenters. The molecule has 0 bridgehead atoms. The predicted molar refractivity (Wildman–Crippen MR) is 85.7 cm³/mol. The predicted octanol–water partition coefficient (Wildman–Crippen LogP) is 0.608. The molecule has 7 nitrogen and oxygen atoms in total. The van der Waals surface area contributed by atoms with Crippen LogP contribution < -0.4 is 15.2 Å². The minimum absolute atomic E-state index is 0.0433. The van der Waals surface area contributed by atoms with Crippen LogP contribution in [0.2, 0.25) is 0 Å². The number of rotatable bonds is 8. The zero-order valence-electron chi connectivity index (χ0n) is 12.1. The van der Waals surface area contributed by atoms with E-state index in [2.05, 4.69) is 21.2 Å². The lowest BCUT2D eigenvalue weighted by Crippen LogP contribution is -2.32. The van der Waals surface area contributed by atoms with Crippen LogP contribution in [-0.2, 0) is 10.0 Å². The summed E-state index contributed by atoms with van der Waals surface area (Å²) in [7, 11) is -2.55. The molecule has 0 saturated heterocycles. The third kappa shape index (κ3) is 5.56. The Morgan fingerprint density at radius 2 is 2.18 bits per heavy atom. The average Bonchev–Trinajstić information content (AvgIpc) is 2.48. The van der Waals surface area contributed by atoms with Gasteiger partial charge in [-0.3, -0.25) is 4.79 Å². The number of sulfonamides is 1. The average molecular weight is 395 g/mol. The van der Waals surface area contributed by atoms with Gasteiger partial charge in [0.1, 0.15) is 5.75 Å². The number of hydrogen-bond donors (Lipinski definition) is 3. The Bertz CT molecular complexity index is 621. The summed E-state index contributed by atoms with van der Waals surface area (Å²) in [5.41, 5.74) is 0.0433. The molecule has 124 valence electrons. The topological polar surface area (TPSA) is 119 Å². The molecule has 4 N–H and O–H groups in total. The van der Waals surface area contributed by atoms with Crippen LogP contribution in [0.5, 0.6) is 5.75 Å². The molecule has 0 spiro atoms. The zero-order valence-corrected chi connectivity index (χ0v) is 14.5. The van der Waals surface area contributed by atoms with Gasteiger partial charge in [0, 0.05) is 11.9 Å². The fourth-order valence-corrected chi connectivity index (χ4v) is 2.63. The number of primary sulfonamides is 1. The quantitative estimate of drug-likeness (QED) is 0.558. The molecule has 22 heavy (non-hydrogen) atoms. The van der Waals surface area contributed by atoms with Crippen molar-refractivity contribution in [1.82, 2.24) is 5.32 Å². The molecule has 0 radical (unpaired) electrons. The maximum absolute atomic E-state index is 12.1. The summed E-state index contributed by atoms with van der Waals surface area (Å²) in [4.78, 5) is 12.0. The van der Waals surface area contributed by atoms with Crippen molar-refractivity contribution in [2.24, 2.45) is 5.14 Å². The standard InChI is InChI=1S/C13H19BrN2O5S/c1-21-12-5-4-10(22(15,19)20)7-11(12)13(18)16-8-9(17)3-2-6-14/h4-5,7,9,17H,2-3,6,8H2,1H3,(H,16,18)(H2,15,19,20). The van der Waals surface area contributed by atoms with Gasteiger partial charge in [-0.15, -0.1) is 0 Å². The Labute approximate surface area is 138 Å². The number of alkyl halides is 1. The van der Waals surface area contributed by atoms with E-state index in [0.717, 1.165) is 17.8 Å². The fraction of sp³-hybridized carbons (Fsp3) is 0.462. The van der Waals surface area contributed by atoms with E-state index in [9.17, 15) is 18.3 Å². The molecule has 1 amide bonds. The Hall–Kier alpha value is -1.16. The van der Waals surface area contributed by atoms with E-state index in [-0.39, 0.29) is 22.8 Å². The number of carbonyl (C=O) groups is 1. The summed E-state index contributed by atoms with van der Waals surface area (Å²) >= 11 is 3.26. The van der Waals surface area contributed by atoms with E-state index >= 15 is 0 Å². The van der Waals surface area contributed by atoms with Crippen LogP contribution in [0, 0.1) is 0 Å². The molecule has 0 aliphatic rings. The summed E-state index contributed by atoms with van der Waals surface area (Å²) in [5.74, 6) is -0.319. The highest BCUT2D eigenvalue weighted by molar-refractivity contribution is 9.09. The van der Waals surface area contributed by atoms with Gasteiger partial charge in [0.2, 0.25) is 10.0 Å². The molecule has 0 aromatic heterocycles. The van der Waals surface area contributed by atoms with E-state index < -0.39 is 22.0 Å². The molecule has 1 atom stereocenters. The second-order valence-corrected chi connectivity index (χ2v) is 6.96. The second-order valence-electron chi connectivity index (χ2n) is 4.60. The van der Waals surface area contributed by atoms with Crippen molar-refractivity contribution in [3.63, 3.8) is 0 Å². The van der Waals surface area contributed by atoms with Crippen molar-refractivity contribution in [2.45, 2.75) is 23.8 Å². The summed E-state index contributed by atoms with van der Waals surface area (Å²) in [6.07, 6.45) is 0.648. The lowest BCUT2D eigenvalue weighted by Gasteiger charge is -2.13. The van der Waals surface area contributed by atoms with Gasteiger partial charge in [0.05, 0.1) is 23.7 Å². The van der Waals surface area contributed by atoms with Crippen molar-refractivity contribution in [1.29, 1.82) is 0 Å². The van der Waals surface area contributed by atoms with Crippen LogP contribution in [0.4, 0.5) is 0 Å².